The standard InChI is InChI=1S/C18H16ClFN4OS2/c1-24-15(17(25)21-10-6-7-12(20)11(19)8-10)9-14(23-27-24)18-22-13-4-2-3-5-16(13)26-18/h2-8,14-15,23H,9H2,1H3,(H,21,25). The predicted octanol–water partition coefficient (Wildman–Crippen LogP) is 4.63. The van der Waals surface area contributed by atoms with Crippen molar-refractivity contribution in [1.82, 2.24) is 14.0 Å². The van der Waals surface area contributed by atoms with Gasteiger partial charge in [0.25, 0.3) is 0 Å². The number of carbonyl (C=O) groups is 1. The number of rotatable bonds is 3. The molecule has 0 radical (unpaired) electrons. The van der Waals surface area contributed by atoms with Crippen LogP contribution in [0.25, 0.3) is 10.2 Å². The molecule has 2 heterocycles. The minimum Gasteiger partial charge on any atom is -0.325 e. The number of amides is 1. The first kappa shape index (κ1) is 18.6. The monoisotopic (exact) mass is 422 g/mol. The molecule has 2 unspecified atom stereocenters. The molecule has 0 bridgehead atoms. The Morgan fingerprint density at radius 1 is 1.37 bits per heavy atom. The number of hydrogen-bond donors (Lipinski definition) is 2. The molecule has 1 aliphatic rings. The minimum atomic E-state index is -0.514. The minimum absolute atomic E-state index is 0.0202. The molecule has 5 nitrogen and oxygen atoms in total. The number of likely N-dealkylation sites (N-methyl/N-ethyl adjacent to an activating group) is 1. The van der Waals surface area contributed by atoms with Crippen molar-refractivity contribution in [1.29, 1.82) is 0 Å². The fraction of sp³-hybridized carbons (Fsp3) is 0.222. The van der Waals surface area contributed by atoms with Crippen LogP contribution in [0.5, 0.6) is 0 Å². The average molecular weight is 423 g/mol. The summed E-state index contributed by atoms with van der Waals surface area (Å²) in [7, 11) is 1.86. The van der Waals surface area contributed by atoms with Crippen LogP contribution < -0.4 is 10.0 Å². The number of aromatic nitrogens is 1. The molecule has 9 heteroatoms. The molecule has 4 rings (SSSR count). The van der Waals surface area contributed by atoms with Crippen molar-refractivity contribution in [3.8, 4) is 0 Å². The third-order valence-corrected chi connectivity index (χ3v) is 6.71. The smallest absolute Gasteiger partial charge is 0.242 e. The maximum atomic E-state index is 13.3. The zero-order valence-electron chi connectivity index (χ0n) is 14.3. The van der Waals surface area contributed by atoms with Gasteiger partial charge in [-0.05, 0) is 43.8 Å². The van der Waals surface area contributed by atoms with Crippen molar-refractivity contribution in [2.75, 3.05) is 12.4 Å². The summed E-state index contributed by atoms with van der Waals surface area (Å²) in [5, 5.41) is 3.76. The maximum absolute atomic E-state index is 13.3. The topological polar surface area (TPSA) is 57.3 Å². The van der Waals surface area contributed by atoms with Crippen LogP contribution in [-0.2, 0) is 4.79 Å². The molecule has 0 aliphatic carbocycles. The molecule has 0 spiro atoms. The van der Waals surface area contributed by atoms with Gasteiger partial charge in [-0.15, -0.1) is 11.3 Å². The Morgan fingerprint density at radius 3 is 2.96 bits per heavy atom. The first-order valence-electron chi connectivity index (χ1n) is 8.28. The van der Waals surface area contributed by atoms with E-state index in [2.05, 4.69) is 10.0 Å². The number of benzene rings is 2. The summed E-state index contributed by atoms with van der Waals surface area (Å²) < 4.78 is 19.7. The van der Waals surface area contributed by atoms with Gasteiger partial charge in [-0.2, -0.15) is 0 Å². The fourth-order valence-corrected chi connectivity index (χ4v) is 4.99. The lowest BCUT2D eigenvalue weighted by Gasteiger charge is -2.34. The number of fused-ring (bicyclic) bond motifs is 1. The number of halogens is 2. The maximum Gasteiger partial charge on any atom is 0.242 e. The average Bonchev–Trinajstić information content (AvgIpc) is 3.09. The molecule has 1 fully saturated rings. The SMILES string of the molecule is CN1SNC(c2nc3ccccc3s2)CC1C(=O)Nc1ccc(F)c(Cl)c1. The van der Waals surface area contributed by atoms with Gasteiger partial charge < -0.3 is 5.32 Å². The number of para-hydroxylation sites is 1. The molecule has 1 saturated heterocycles. The predicted molar refractivity (Wildman–Crippen MR) is 109 cm³/mol. The summed E-state index contributed by atoms with van der Waals surface area (Å²) in [5.41, 5.74) is 1.44. The lowest BCUT2D eigenvalue weighted by Crippen LogP contribution is -2.46. The summed E-state index contributed by atoms with van der Waals surface area (Å²) in [4.78, 5) is 17.5. The van der Waals surface area contributed by atoms with Crippen molar-refractivity contribution in [2.45, 2.75) is 18.5 Å². The number of nitrogens with one attached hydrogen (secondary N) is 2. The Balaban J connectivity index is 1.51. The fourth-order valence-electron chi connectivity index (χ4n) is 2.89. The van der Waals surface area contributed by atoms with Crippen molar-refractivity contribution in [3.05, 3.63) is 58.3 Å². The molecule has 0 saturated carbocycles. The van der Waals surface area contributed by atoms with Crippen LogP contribution in [0, 0.1) is 5.82 Å². The second-order valence-electron chi connectivity index (χ2n) is 6.20. The third-order valence-electron chi connectivity index (χ3n) is 4.34. The highest BCUT2D eigenvalue weighted by molar-refractivity contribution is 7.95. The zero-order valence-corrected chi connectivity index (χ0v) is 16.7. The van der Waals surface area contributed by atoms with Gasteiger partial charge in [-0.25, -0.2) is 18.4 Å². The van der Waals surface area contributed by atoms with Crippen LogP contribution in [0.3, 0.4) is 0 Å². The van der Waals surface area contributed by atoms with Gasteiger partial charge >= 0.3 is 0 Å². The van der Waals surface area contributed by atoms with E-state index in [-0.39, 0.29) is 23.0 Å². The van der Waals surface area contributed by atoms with Crippen LogP contribution in [0.2, 0.25) is 5.02 Å². The second-order valence-corrected chi connectivity index (χ2v) is 8.66. The van der Waals surface area contributed by atoms with E-state index >= 15 is 0 Å². The van der Waals surface area contributed by atoms with Crippen LogP contribution in [0.1, 0.15) is 17.5 Å². The Kier molecular flexibility index (Phi) is 5.34. The molecular formula is C18H16ClFN4OS2. The number of anilines is 1. The number of hydrogen-bond acceptors (Lipinski definition) is 6. The summed E-state index contributed by atoms with van der Waals surface area (Å²) in [5.74, 6) is -0.680. The Labute approximate surface area is 169 Å². The van der Waals surface area contributed by atoms with Crippen molar-refractivity contribution in [3.63, 3.8) is 0 Å². The summed E-state index contributed by atoms with van der Waals surface area (Å²) >= 11 is 8.81. The highest BCUT2D eigenvalue weighted by Crippen LogP contribution is 2.35. The van der Waals surface area contributed by atoms with Gasteiger partial charge in [-0.3, -0.25) is 4.79 Å². The van der Waals surface area contributed by atoms with E-state index in [0.29, 0.717) is 12.1 Å². The van der Waals surface area contributed by atoms with E-state index in [0.717, 1.165) is 15.2 Å². The summed E-state index contributed by atoms with van der Waals surface area (Å²) in [6.45, 7) is 0. The Hall–Kier alpha value is -1.71. The van der Waals surface area contributed by atoms with Gasteiger partial charge in [0, 0.05) is 17.8 Å². The first-order valence-corrected chi connectivity index (χ1v) is 10.2. The molecule has 1 aromatic heterocycles. The number of nitrogens with zero attached hydrogens (tertiary/aromatic N) is 2. The number of thiazole rings is 1. The van der Waals surface area contributed by atoms with E-state index in [4.69, 9.17) is 16.6 Å². The summed E-state index contributed by atoms with van der Waals surface area (Å²) in [6.07, 6.45) is 0.573. The van der Waals surface area contributed by atoms with Crippen LogP contribution >= 0.6 is 35.1 Å². The molecule has 2 aromatic carbocycles. The van der Waals surface area contributed by atoms with E-state index in [9.17, 15) is 9.18 Å². The number of carbonyl (C=O) groups excluding carboxylic acids is 1. The first-order chi connectivity index (χ1) is 13.0. The highest BCUT2D eigenvalue weighted by atomic mass is 35.5. The largest absolute Gasteiger partial charge is 0.325 e. The molecule has 3 aromatic rings. The van der Waals surface area contributed by atoms with Gasteiger partial charge in [0.2, 0.25) is 5.91 Å². The van der Waals surface area contributed by atoms with E-state index in [1.54, 1.807) is 11.3 Å². The van der Waals surface area contributed by atoms with E-state index in [1.165, 1.54) is 30.3 Å². The van der Waals surface area contributed by atoms with Gasteiger partial charge in [-0.1, -0.05) is 23.7 Å². The van der Waals surface area contributed by atoms with Crippen molar-refractivity contribution in [2.24, 2.45) is 0 Å². The van der Waals surface area contributed by atoms with Crippen molar-refractivity contribution >= 4 is 56.9 Å². The van der Waals surface area contributed by atoms with Crippen LogP contribution in [0.4, 0.5) is 10.1 Å². The zero-order chi connectivity index (χ0) is 19.0. The van der Waals surface area contributed by atoms with E-state index < -0.39 is 5.82 Å². The Morgan fingerprint density at radius 2 is 2.19 bits per heavy atom. The molecule has 27 heavy (non-hydrogen) atoms. The quantitative estimate of drug-likeness (QED) is 0.603. The lowest BCUT2D eigenvalue weighted by molar-refractivity contribution is -0.119. The Bertz CT molecular complexity index is 965. The van der Waals surface area contributed by atoms with Gasteiger partial charge in [0.1, 0.15) is 16.9 Å². The molecule has 140 valence electrons. The van der Waals surface area contributed by atoms with Gasteiger partial charge in [0.15, 0.2) is 0 Å². The van der Waals surface area contributed by atoms with Gasteiger partial charge in [0.05, 0.1) is 21.3 Å². The molecular weight excluding hydrogens is 407 g/mol. The summed E-state index contributed by atoms with van der Waals surface area (Å²) in [6, 6.07) is 11.7. The van der Waals surface area contributed by atoms with Crippen LogP contribution in [-0.4, -0.2) is 28.3 Å². The highest BCUT2D eigenvalue weighted by Gasteiger charge is 2.34. The molecule has 1 aliphatic heterocycles. The van der Waals surface area contributed by atoms with Crippen molar-refractivity contribution < 1.29 is 9.18 Å². The molecule has 2 N–H and O–H groups in total. The molecule has 2 atom stereocenters. The second kappa shape index (κ2) is 7.73. The van der Waals surface area contributed by atoms with E-state index in [1.807, 2.05) is 35.6 Å². The lowest BCUT2D eigenvalue weighted by atomic mass is 10.1. The third kappa shape index (κ3) is 3.95. The van der Waals surface area contributed by atoms with Crippen LogP contribution in [0.15, 0.2) is 42.5 Å². The molecule has 1 amide bonds. The normalized spacial score (nSPS) is 20.7.